The van der Waals surface area contributed by atoms with Gasteiger partial charge in [0.25, 0.3) is 0 Å². The van der Waals surface area contributed by atoms with E-state index in [0.717, 1.165) is 0 Å². The predicted molar refractivity (Wildman–Crippen MR) is 84.5 cm³/mol. The molecule has 0 aromatic heterocycles. The molecule has 1 rings (SSSR count). The van der Waals surface area contributed by atoms with Gasteiger partial charge in [0.1, 0.15) is 5.57 Å². The highest BCUT2D eigenvalue weighted by atomic mass is 32.2. The summed E-state index contributed by atoms with van der Waals surface area (Å²) in [6.07, 6.45) is -13.9. The van der Waals surface area contributed by atoms with Crippen LogP contribution in [0.1, 0.15) is 6.42 Å². The highest BCUT2D eigenvalue weighted by molar-refractivity contribution is 7.86. The minimum atomic E-state index is -6.13. The number of carbonyl (C=O) groups excluding carboxylic acids is 2. The number of amides is 1. The van der Waals surface area contributed by atoms with E-state index < -0.39 is 77.1 Å². The fraction of sp³-hybridized carbons (Fsp3) is 0.714. The van der Waals surface area contributed by atoms with E-state index in [-0.39, 0.29) is 13.2 Å². The van der Waals surface area contributed by atoms with Gasteiger partial charge in [-0.3, -0.25) is 9.35 Å². The van der Waals surface area contributed by atoms with Crippen LogP contribution in [0.4, 0.5) is 35.1 Å². The van der Waals surface area contributed by atoms with Crippen LogP contribution in [0.5, 0.6) is 0 Å². The molecule has 0 bridgehead atoms. The van der Waals surface area contributed by atoms with Crippen LogP contribution in [0, 0.1) is 0 Å². The van der Waals surface area contributed by atoms with Crippen LogP contribution in [0.25, 0.3) is 0 Å². The zero-order valence-electron chi connectivity index (χ0n) is 15.6. The summed E-state index contributed by atoms with van der Waals surface area (Å²) >= 11 is 0. The number of morpholine rings is 1. The maximum absolute atomic E-state index is 13.8. The third-order valence-corrected chi connectivity index (χ3v) is 4.81. The molecule has 1 unspecified atom stereocenters. The Balaban J connectivity index is 3.38. The lowest BCUT2D eigenvalue weighted by Gasteiger charge is -2.38. The number of carbonyl (C=O) groups is 2. The molecule has 0 spiro atoms. The summed E-state index contributed by atoms with van der Waals surface area (Å²) in [5, 5.41) is -5.06. The molecule has 0 saturated carbocycles. The molecular weight excluding hydrogens is 494 g/mol. The van der Waals surface area contributed by atoms with Crippen molar-refractivity contribution in [3.8, 4) is 0 Å². The van der Waals surface area contributed by atoms with Crippen molar-refractivity contribution in [1.82, 2.24) is 4.90 Å². The second kappa shape index (κ2) is 9.44. The first-order valence-electron chi connectivity index (χ1n) is 8.18. The van der Waals surface area contributed by atoms with Crippen molar-refractivity contribution in [2.75, 3.05) is 32.9 Å². The summed E-state index contributed by atoms with van der Waals surface area (Å²) < 4.78 is 148. The molecule has 0 aromatic rings. The molecule has 0 radical (unpaired) electrons. The SMILES string of the molecule is C=C(C(=O)OC(OCCC(F)(F)S(=O)(=O)O)(C(=O)N1CCOCC1)C(F)(F)F)C(F)(F)F. The minimum Gasteiger partial charge on any atom is -0.412 e. The van der Waals surface area contributed by atoms with Crippen LogP contribution in [-0.2, 0) is 33.9 Å². The van der Waals surface area contributed by atoms with E-state index in [1.165, 1.54) is 0 Å². The molecule has 1 atom stereocenters. The molecule has 9 nitrogen and oxygen atoms in total. The van der Waals surface area contributed by atoms with Gasteiger partial charge in [-0.2, -0.15) is 43.5 Å². The van der Waals surface area contributed by atoms with Gasteiger partial charge >= 0.3 is 45.4 Å². The maximum Gasteiger partial charge on any atom is 0.466 e. The number of hydrogen-bond donors (Lipinski definition) is 1. The summed E-state index contributed by atoms with van der Waals surface area (Å²) in [5.74, 6) is -9.96. The summed E-state index contributed by atoms with van der Waals surface area (Å²) in [6, 6.07) is 0. The Morgan fingerprint density at radius 2 is 1.53 bits per heavy atom. The third kappa shape index (κ3) is 6.26. The maximum atomic E-state index is 13.8. The van der Waals surface area contributed by atoms with Crippen molar-refractivity contribution >= 4 is 22.0 Å². The number of nitrogens with zero attached hydrogens (tertiary/aromatic N) is 1. The molecule has 18 heteroatoms. The molecule has 1 N–H and O–H groups in total. The summed E-state index contributed by atoms with van der Waals surface area (Å²) in [7, 11) is -6.13. The molecule has 1 amide bonds. The highest BCUT2D eigenvalue weighted by Crippen LogP contribution is 2.39. The Bertz CT molecular complexity index is 835. The van der Waals surface area contributed by atoms with E-state index in [4.69, 9.17) is 9.29 Å². The largest absolute Gasteiger partial charge is 0.466 e. The Morgan fingerprint density at radius 1 is 1.03 bits per heavy atom. The van der Waals surface area contributed by atoms with Crippen LogP contribution in [0.15, 0.2) is 12.2 Å². The average molecular weight is 509 g/mol. The lowest BCUT2D eigenvalue weighted by atomic mass is 10.2. The van der Waals surface area contributed by atoms with Gasteiger partial charge in [0, 0.05) is 13.1 Å². The van der Waals surface area contributed by atoms with Crippen molar-refractivity contribution in [2.45, 2.75) is 29.8 Å². The van der Waals surface area contributed by atoms with Crippen molar-refractivity contribution < 1.29 is 71.9 Å². The molecule has 0 aromatic carbocycles. The first kappa shape index (κ1) is 28.0. The van der Waals surface area contributed by atoms with Crippen LogP contribution in [-0.4, -0.2) is 86.1 Å². The highest BCUT2D eigenvalue weighted by Gasteiger charge is 2.68. The van der Waals surface area contributed by atoms with E-state index in [0.29, 0.717) is 4.90 Å². The van der Waals surface area contributed by atoms with Crippen LogP contribution in [0.2, 0.25) is 0 Å². The smallest absolute Gasteiger partial charge is 0.412 e. The van der Waals surface area contributed by atoms with Gasteiger partial charge in [-0.05, 0) is 0 Å². The lowest BCUT2D eigenvalue weighted by Crippen LogP contribution is -2.64. The predicted octanol–water partition coefficient (Wildman–Crippen LogP) is 1.65. The first-order valence-corrected chi connectivity index (χ1v) is 9.62. The van der Waals surface area contributed by atoms with Crippen molar-refractivity contribution in [1.29, 1.82) is 0 Å². The molecular formula is C14H15F8NO8S. The molecule has 1 heterocycles. The van der Waals surface area contributed by atoms with E-state index >= 15 is 0 Å². The summed E-state index contributed by atoms with van der Waals surface area (Å²) in [6.45, 7) is -1.59. The summed E-state index contributed by atoms with van der Waals surface area (Å²) in [4.78, 5) is 24.5. The molecule has 186 valence electrons. The van der Waals surface area contributed by atoms with Crippen molar-refractivity contribution in [3.05, 3.63) is 12.2 Å². The third-order valence-electron chi connectivity index (χ3n) is 3.85. The van der Waals surface area contributed by atoms with Crippen molar-refractivity contribution in [3.63, 3.8) is 0 Å². The second-order valence-corrected chi connectivity index (χ2v) is 7.64. The molecule has 1 saturated heterocycles. The average Bonchev–Trinajstić information content (AvgIpc) is 2.63. The normalized spacial score (nSPS) is 18.1. The lowest BCUT2D eigenvalue weighted by molar-refractivity contribution is -0.352. The van der Waals surface area contributed by atoms with E-state index in [1.54, 1.807) is 0 Å². The van der Waals surface area contributed by atoms with Crippen LogP contribution in [0.3, 0.4) is 0 Å². The fourth-order valence-corrected chi connectivity index (χ4v) is 2.46. The number of alkyl halides is 8. The van der Waals surface area contributed by atoms with Gasteiger partial charge < -0.3 is 19.1 Å². The van der Waals surface area contributed by atoms with Crippen molar-refractivity contribution in [2.24, 2.45) is 0 Å². The molecule has 1 fully saturated rings. The zero-order valence-corrected chi connectivity index (χ0v) is 16.5. The summed E-state index contributed by atoms with van der Waals surface area (Å²) in [5.41, 5.74) is -2.48. The van der Waals surface area contributed by atoms with Gasteiger partial charge in [-0.15, -0.1) is 0 Å². The topological polar surface area (TPSA) is 119 Å². The van der Waals surface area contributed by atoms with Gasteiger partial charge in [0.15, 0.2) is 0 Å². The van der Waals surface area contributed by atoms with E-state index in [1.807, 2.05) is 0 Å². The van der Waals surface area contributed by atoms with Gasteiger partial charge in [0.05, 0.1) is 26.2 Å². The molecule has 1 aliphatic heterocycles. The number of ether oxygens (including phenoxy) is 3. The zero-order chi connectivity index (χ0) is 25.2. The minimum absolute atomic E-state index is 0.321. The Labute approximate surface area is 174 Å². The van der Waals surface area contributed by atoms with E-state index in [9.17, 15) is 53.1 Å². The molecule has 32 heavy (non-hydrogen) atoms. The second-order valence-electron chi connectivity index (χ2n) is 6.10. The van der Waals surface area contributed by atoms with E-state index in [2.05, 4.69) is 16.1 Å². The number of hydrogen-bond acceptors (Lipinski definition) is 7. The van der Waals surface area contributed by atoms with Gasteiger partial charge in [-0.25, -0.2) is 4.79 Å². The number of halogens is 8. The van der Waals surface area contributed by atoms with Gasteiger partial charge in [-0.1, -0.05) is 6.58 Å². The Kier molecular flexibility index (Phi) is 8.25. The fourth-order valence-electron chi connectivity index (χ4n) is 2.12. The number of rotatable bonds is 8. The Hall–Kier alpha value is -2.05. The Morgan fingerprint density at radius 3 is 1.94 bits per heavy atom. The standard InChI is InChI=1S/C14H15F8NO8S/c1-8(13(17,18)19)9(24)31-12(14(20,21)22,10(25)23-3-6-29-7-4-23)30-5-2-11(15,16)32(26,27)28/h1-7H2,(H,26,27,28). The first-order chi connectivity index (χ1) is 14.3. The number of esters is 1. The van der Waals surface area contributed by atoms with Crippen LogP contribution < -0.4 is 0 Å². The van der Waals surface area contributed by atoms with Crippen LogP contribution >= 0.6 is 0 Å². The van der Waals surface area contributed by atoms with Gasteiger partial charge in [0.2, 0.25) is 0 Å². The quantitative estimate of drug-likeness (QED) is 0.173. The molecule has 0 aliphatic carbocycles. The molecule has 1 aliphatic rings. The monoisotopic (exact) mass is 509 g/mol.